The van der Waals surface area contributed by atoms with Crippen LogP contribution < -0.4 is 0 Å². The number of H-pyrrole nitrogens is 1. The highest BCUT2D eigenvalue weighted by Gasteiger charge is 2.13. The quantitative estimate of drug-likeness (QED) is 0.693. The molecule has 2 aromatic heterocycles. The molecule has 0 spiro atoms. The molecule has 0 atom stereocenters. The van der Waals surface area contributed by atoms with Crippen molar-refractivity contribution in [1.82, 2.24) is 9.97 Å². The maximum atomic E-state index is 11.3. The molecule has 0 aliphatic heterocycles. The number of fused-ring (bicyclic) bond motifs is 1. The molecule has 3 nitrogen and oxygen atoms in total. The van der Waals surface area contributed by atoms with Crippen LogP contribution in [0.1, 0.15) is 15.9 Å². The molecule has 3 aromatic rings. The lowest BCUT2D eigenvalue weighted by atomic mass is 10.1. The Morgan fingerprint density at radius 3 is 2.78 bits per heavy atom. The van der Waals surface area contributed by atoms with Crippen molar-refractivity contribution in [2.75, 3.05) is 0 Å². The number of hydrogen-bond donors (Lipinski definition) is 1. The zero-order chi connectivity index (χ0) is 12.5. The van der Waals surface area contributed by atoms with Gasteiger partial charge in [0.2, 0.25) is 0 Å². The second kappa shape index (κ2) is 4.11. The van der Waals surface area contributed by atoms with E-state index >= 15 is 0 Å². The van der Waals surface area contributed by atoms with Gasteiger partial charge in [-0.1, -0.05) is 24.3 Å². The van der Waals surface area contributed by atoms with E-state index in [-0.39, 0.29) is 0 Å². The Morgan fingerprint density at radius 2 is 2.06 bits per heavy atom. The van der Waals surface area contributed by atoms with Crippen LogP contribution in [0.15, 0.2) is 42.6 Å². The van der Waals surface area contributed by atoms with Crippen LogP contribution >= 0.6 is 0 Å². The number of aromatic nitrogens is 2. The topological polar surface area (TPSA) is 45.8 Å². The minimum absolute atomic E-state index is 0.674. The summed E-state index contributed by atoms with van der Waals surface area (Å²) in [5.74, 6) is 0. The Bertz CT molecular complexity index is 714. The van der Waals surface area contributed by atoms with Crippen LogP contribution in [0, 0.1) is 6.92 Å². The van der Waals surface area contributed by atoms with Gasteiger partial charge in [0.15, 0.2) is 6.29 Å². The molecule has 0 saturated heterocycles. The summed E-state index contributed by atoms with van der Waals surface area (Å²) in [6, 6.07) is 11.6. The van der Waals surface area contributed by atoms with Gasteiger partial charge in [-0.15, -0.1) is 0 Å². The fraction of sp³-hybridized carbons (Fsp3) is 0.0667. The number of aldehydes is 1. The van der Waals surface area contributed by atoms with Gasteiger partial charge in [-0.05, 0) is 24.6 Å². The van der Waals surface area contributed by atoms with E-state index in [1.807, 2.05) is 43.3 Å². The van der Waals surface area contributed by atoms with E-state index < -0.39 is 0 Å². The zero-order valence-electron chi connectivity index (χ0n) is 9.97. The van der Waals surface area contributed by atoms with Crippen LogP contribution in [-0.4, -0.2) is 16.3 Å². The number of nitrogens with zero attached hydrogens (tertiary/aromatic N) is 1. The minimum atomic E-state index is 0.674. The monoisotopic (exact) mass is 236 g/mol. The first-order chi connectivity index (χ1) is 8.81. The molecular formula is C15H12N2O. The largest absolute Gasteiger partial charge is 0.352 e. The van der Waals surface area contributed by atoms with Crippen LogP contribution in [0.25, 0.3) is 22.3 Å². The van der Waals surface area contributed by atoms with Crippen LogP contribution in [0.4, 0.5) is 0 Å². The van der Waals surface area contributed by atoms with Crippen molar-refractivity contribution in [3.63, 3.8) is 0 Å². The fourth-order valence-electron chi connectivity index (χ4n) is 2.22. The van der Waals surface area contributed by atoms with Gasteiger partial charge in [0.1, 0.15) is 0 Å². The number of pyridine rings is 1. The van der Waals surface area contributed by atoms with Crippen molar-refractivity contribution < 1.29 is 4.79 Å². The molecule has 88 valence electrons. The van der Waals surface area contributed by atoms with E-state index in [4.69, 9.17) is 0 Å². The first kappa shape index (κ1) is 10.7. The highest BCUT2D eigenvalue weighted by atomic mass is 16.1. The lowest BCUT2D eigenvalue weighted by Gasteiger charge is -1.97. The Balaban J connectivity index is 2.37. The van der Waals surface area contributed by atoms with Gasteiger partial charge >= 0.3 is 0 Å². The molecule has 0 aliphatic carbocycles. The maximum absolute atomic E-state index is 11.3. The predicted octanol–water partition coefficient (Wildman–Crippen LogP) is 3.35. The standard InChI is InChI=1S/C15H12N2O/c1-10-5-4-6-11-12(9-18)15(17-14(10)11)13-7-2-3-8-16-13/h2-9,17H,1H3. The van der Waals surface area contributed by atoms with Gasteiger partial charge in [-0.25, -0.2) is 0 Å². The Hall–Kier alpha value is -2.42. The molecule has 0 radical (unpaired) electrons. The summed E-state index contributed by atoms with van der Waals surface area (Å²) in [5.41, 5.74) is 4.37. The highest BCUT2D eigenvalue weighted by Crippen LogP contribution is 2.29. The third-order valence-electron chi connectivity index (χ3n) is 3.12. The molecule has 3 heteroatoms. The number of hydrogen-bond acceptors (Lipinski definition) is 2. The van der Waals surface area contributed by atoms with E-state index in [1.165, 1.54) is 0 Å². The van der Waals surface area contributed by atoms with Crippen molar-refractivity contribution in [3.05, 3.63) is 53.7 Å². The van der Waals surface area contributed by atoms with Crippen LogP contribution in [0.3, 0.4) is 0 Å². The summed E-state index contributed by atoms with van der Waals surface area (Å²) in [6.45, 7) is 2.02. The number of benzene rings is 1. The van der Waals surface area contributed by atoms with Crippen LogP contribution in [0.2, 0.25) is 0 Å². The van der Waals surface area contributed by atoms with E-state index in [1.54, 1.807) is 6.20 Å². The number of rotatable bonds is 2. The van der Waals surface area contributed by atoms with Crippen LogP contribution in [0.5, 0.6) is 0 Å². The van der Waals surface area contributed by atoms with Crippen molar-refractivity contribution in [2.24, 2.45) is 0 Å². The predicted molar refractivity (Wildman–Crippen MR) is 71.7 cm³/mol. The molecule has 18 heavy (non-hydrogen) atoms. The highest BCUT2D eigenvalue weighted by molar-refractivity contribution is 6.04. The molecule has 0 unspecified atom stereocenters. The number of carbonyl (C=O) groups is 1. The van der Waals surface area contributed by atoms with Gasteiger partial charge in [0.05, 0.1) is 11.4 Å². The molecule has 1 aromatic carbocycles. The van der Waals surface area contributed by atoms with E-state index in [0.29, 0.717) is 5.56 Å². The third-order valence-corrected chi connectivity index (χ3v) is 3.12. The average Bonchev–Trinajstić information content (AvgIpc) is 2.80. The normalized spacial score (nSPS) is 10.7. The Kier molecular flexibility index (Phi) is 2.45. The van der Waals surface area contributed by atoms with Crippen molar-refractivity contribution in [2.45, 2.75) is 6.92 Å². The Labute approximate surface area is 104 Å². The van der Waals surface area contributed by atoms with Crippen molar-refractivity contribution >= 4 is 17.2 Å². The SMILES string of the molecule is Cc1cccc2c(C=O)c(-c3ccccn3)[nH]c12. The molecule has 0 saturated carbocycles. The molecule has 1 N–H and O–H groups in total. The first-order valence-corrected chi connectivity index (χ1v) is 5.79. The third kappa shape index (κ3) is 1.52. The summed E-state index contributed by atoms with van der Waals surface area (Å²) in [4.78, 5) is 18.9. The number of para-hydroxylation sites is 1. The van der Waals surface area contributed by atoms with Gasteiger partial charge in [0.25, 0.3) is 0 Å². The molecule has 0 aliphatic rings. The molecule has 3 rings (SSSR count). The van der Waals surface area contributed by atoms with Gasteiger partial charge in [-0.2, -0.15) is 0 Å². The van der Waals surface area contributed by atoms with Gasteiger partial charge in [-0.3, -0.25) is 9.78 Å². The van der Waals surface area contributed by atoms with Crippen molar-refractivity contribution in [3.8, 4) is 11.4 Å². The van der Waals surface area contributed by atoms with E-state index in [0.717, 1.165) is 34.1 Å². The summed E-state index contributed by atoms with van der Waals surface area (Å²) in [6.07, 6.45) is 2.62. The summed E-state index contributed by atoms with van der Waals surface area (Å²) >= 11 is 0. The molecule has 0 amide bonds. The van der Waals surface area contributed by atoms with E-state index in [9.17, 15) is 4.79 Å². The van der Waals surface area contributed by atoms with Crippen LogP contribution in [-0.2, 0) is 0 Å². The Morgan fingerprint density at radius 1 is 1.17 bits per heavy atom. The smallest absolute Gasteiger partial charge is 0.152 e. The molecule has 0 bridgehead atoms. The molecule has 2 heterocycles. The second-order valence-corrected chi connectivity index (χ2v) is 4.24. The second-order valence-electron chi connectivity index (χ2n) is 4.24. The number of aryl methyl sites for hydroxylation is 1. The lowest BCUT2D eigenvalue weighted by molar-refractivity contribution is 0.112. The zero-order valence-corrected chi connectivity index (χ0v) is 9.97. The summed E-state index contributed by atoms with van der Waals surface area (Å²) in [7, 11) is 0. The number of aromatic amines is 1. The van der Waals surface area contributed by atoms with Gasteiger partial charge < -0.3 is 4.98 Å². The van der Waals surface area contributed by atoms with E-state index in [2.05, 4.69) is 9.97 Å². The van der Waals surface area contributed by atoms with Crippen molar-refractivity contribution in [1.29, 1.82) is 0 Å². The average molecular weight is 236 g/mol. The van der Waals surface area contributed by atoms with Gasteiger partial charge in [0, 0.05) is 22.7 Å². The summed E-state index contributed by atoms with van der Waals surface area (Å²) in [5, 5.41) is 0.950. The number of carbonyl (C=O) groups excluding carboxylic acids is 1. The maximum Gasteiger partial charge on any atom is 0.152 e. The number of nitrogens with one attached hydrogen (secondary N) is 1. The lowest BCUT2D eigenvalue weighted by Crippen LogP contribution is -1.86. The molecular weight excluding hydrogens is 224 g/mol. The molecule has 0 fully saturated rings. The summed E-state index contributed by atoms with van der Waals surface area (Å²) < 4.78 is 0. The fourth-order valence-corrected chi connectivity index (χ4v) is 2.22. The minimum Gasteiger partial charge on any atom is -0.352 e. The first-order valence-electron chi connectivity index (χ1n) is 5.79.